The third-order valence-corrected chi connectivity index (χ3v) is 3.81. The molecule has 1 aliphatic heterocycles. The van der Waals surface area contributed by atoms with Gasteiger partial charge in [0.2, 0.25) is 0 Å². The van der Waals surface area contributed by atoms with Gasteiger partial charge >= 0.3 is 0 Å². The number of rotatable bonds is 5. The molecule has 2 aromatic carbocycles. The molecular formula is C19H18N2O2. The number of hydrazone groups is 1. The lowest BCUT2D eigenvalue weighted by atomic mass is 9.93. The molecule has 0 N–H and O–H groups in total. The second-order valence-electron chi connectivity index (χ2n) is 5.31. The van der Waals surface area contributed by atoms with E-state index in [2.05, 4.69) is 35.4 Å². The fourth-order valence-corrected chi connectivity index (χ4v) is 2.76. The summed E-state index contributed by atoms with van der Waals surface area (Å²) in [7, 11) is 1.69. The van der Waals surface area contributed by atoms with Crippen molar-refractivity contribution in [3.8, 4) is 0 Å². The highest BCUT2D eigenvalue weighted by atomic mass is 16.5. The lowest BCUT2D eigenvalue weighted by Gasteiger charge is -2.31. The van der Waals surface area contributed by atoms with Crippen molar-refractivity contribution in [1.29, 1.82) is 0 Å². The first-order chi connectivity index (χ1) is 11.3. The second-order valence-corrected chi connectivity index (χ2v) is 5.31. The number of hydrogen-bond acceptors (Lipinski definition) is 4. The van der Waals surface area contributed by atoms with Crippen molar-refractivity contribution >= 4 is 12.5 Å². The first-order valence-electron chi connectivity index (χ1n) is 7.44. The van der Waals surface area contributed by atoms with E-state index in [1.54, 1.807) is 13.3 Å². The molecule has 0 saturated heterocycles. The summed E-state index contributed by atoms with van der Waals surface area (Å²) in [5, 5.41) is 6.27. The van der Waals surface area contributed by atoms with Crippen molar-refractivity contribution in [3.05, 3.63) is 83.1 Å². The van der Waals surface area contributed by atoms with Crippen LogP contribution >= 0.6 is 0 Å². The van der Waals surface area contributed by atoms with Crippen LogP contribution in [0, 0.1) is 0 Å². The number of benzene rings is 2. The van der Waals surface area contributed by atoms with Gasteiger partial charge in [0.05, 0.1) is 12.8 Å². The van der Waals surface area contributed by atoms with Crippen molar-refractivity contribution in [2.75, 3.05) is 7.11 Å². The molecule has 1 atom stereocenters. The van der Waals surface area contributed by atoms with Crippen LogP contribution in [0.3, 0.4) is 0 Å². The largest absolute Gasteiger partial charge is 0.380 e. The van der Waals surface area contributed by atoms with Crippen LogP contribution in [-0.2, 0) is 16.1 Å². The Kier molecular flexibility index (Phi) is 4.64. The van der Waals surface area contributed by atoms with Crippen LogP contribution in [0.5, 0.6) is 0 Å². The maximum Gasteiger partial charge on any atom is 0.144 e. The topological polar surface area (TPSA) is 41.9 Å². The van der Waals surface area contributed by atoms with Crippen LogP contribution in [-0.4, -0.2) is 24.6 Å². The molecule has 0 spiro atoms. The Bertz CT molecular complexity index is 735. The van der Waals surface area contributed by atoms with E-state index >= 15 is 0 Å². The Morgan fingerprint density at radius 2 is 1.96 bits per heavy atom. The van der Waals surface area contributed by atoms with Gasteiger partial charge in [-0.15, -0.1) is 0 Å². The number of carbonyl (C=O) groups excluding carboxylic acids is 1. The summed E-state index contributed by atoms with van der Waals surface area (Å²) in [4.78, 5) is 10.7. The number of allylic oxidation sites excluding steroid dienone is 1. The van der Waals surface area contributed by atoms with Gasteiger partial charge in [-0.1, -0.05) is 48.5 Å². The van der Waals surface area contributed by atoms with Gasteiger partial charge in [-0.05, 0) is 22.8 Å². The molecule has 0 saturated carbocycles. The molecule has 23 heavy (non-hydrogen) atoms. The molecule has 2 aromatic rings. The second kappa shape index (κ2) is 7.03. The van der Waals surface area contributed by atoms with Gasteiger partial charge in [0.15, 0.2) is 0 Å². The van der Waals surface area contributed by atoms with Crippen molar-refractivity contribution in [2.45, 2.75) is 12.6 Å². The molecule has 116 valence electrons. The minimum atomic E-state index is -0.0519. The predicted molar refractivity (Wildman–Crippen MR) is 90.1 cm³/mol. The normalized spacial score (nSPS) is 16.6. The molecular weight excluding hydrogens is 288 g/mol. The summed E-state index contributed by atoms with van der Waals surface area (Å²) in [5.74, 6) is 0. The molecule has 4 nitrogen and oxygen atoms in total. The van der Waals surface area contributed by atoms with E-state index in [1.165, 1.54) is 6.08 Å². The Morgan fingerprint density at radius 3 is 2.70 bits per heavy atom. The average Bonchev–Trinajstić information content (AvgIpc) is 2.60. The van der Waals surface area contributed by atoms with E-state index < -0.39 is 0 Å². The third kappa shape index (κ3) is 3.22. The van der Waals surface area contributed by atoms with Gasteiger partial charge in [-0.25, -0.2) is 0 Å². The van der Waals surface area contributed by atoms with Crippen LogP contribution in [0.15, 0.2) is 65.9 Å². The lowest BCUT2D eigenvalue weighted by molar-refractivity contribution is -0.104. The first-order valence-corrected chi connectivity index (χ1v) is 7.44. The summed E-state index contributed by atoms with van der Waals surface area (Å²) in [6.45, 7) is 0.592. The zero-order valence-electron chi connectivity index (χ0n) is 12.9. The summed E-state index contributed by atoms with van der Waals surface area (Å²) in [6, 6.07) is 16.4. The van der Waals surface area contributed by atoms with E-state index in [4.69, 9.17) is 4.74 Å². The smallest absolute Gasteiger partial charge is 0.144 e. The lowest BCUT2D eigenvalue weighted by Crippen LogP contribution is -2.24. The monoisotopic (exact) mass is 306 g/mol. The Morgan fingerprint density at radius 1 is 1.17 bits per heavy atom. The zero-order valence-corrected chi connectivity index (χ0v) is 12.9. The van der Waals surface area contributed by atoms with E-state index in [1.807, 2.05) is 29.4 Å². The summed E-state index contributed by atoms with van der Waals surface area (Å²) in [5.41, 5.74) is 4.50. The van der Waals surface area contributed by atoms with Gasteiger partial charge in [-0.3, -0.25) is 9.80 Å². The minimum absolute atomic E-state index is 0.0519. The van der Waals surface area contributed by atoms with Gasteiger partial charge in [0.1, 0.15) is 12.3 Å². The summed E-state index contributed by atoms with van der Waals surface area (Å²) < 4.78 is 5.16. The molecule has 4 heteroatoms. The maximum atomic E-state index is 10.7. The number of methoxy groups -OCH3 is 1. The van der Waals surface area contributed by atoms with Crippen molar-refractivity contribution in [2.24, 2.45) is 5.10 Å². The van der Waals surface area contributed by atoms with Crippen LogP contribution in [0.2, 0.25) is 0 Å². The number of aldehydes is 1. The number of ether oxygens (including phenoxy) is 1. The zero-order chi connectivity index (χ0) is 16.1. The molecule has 0 fully saturated rings. The van der Waals surface area contributed by atoms with Crippen LogP contribution in [0.1, 0.15) is 28.3 Å². The molecule has 0 bridgehead atoms. The van der Waals surface area contributed by atoms with E-state index in [-0.39, 0.29) is 6.04 Å². The van der Waals surface area contributed by atoms with Crippen LogP contribution in [0.4, 0.5) is 0 Å². The summed E-state index contributed by atoms with van der Waals surface area (Å²) in [6.07, 6.45) is 5.74. The Hall–Kier alpha value is -2.72. The fraction of sp³-hybridized carbons (Fsp3) is 0.158. The minimum Gasteiger partial charge on any atom is -0.380 e. The molecule has 0 amide bonds. The highest BCUT2D eigenvalue weighted by Gasteiger charge is 2.24. The molecule has 1 heterocycles. The highest BCUT2D eigenvalue weighted by molar-refractivity contribution is 5.83. The van der Waals surface area contributed by atoms with Crippen molar-refractivity contribution in [3.63, 3.8) is 0 Å². The standard InChI is InChI=1S/C19H18N2O2/c1-23-14-15-7-9-16(10-8-15)19-18-6-3-2-5-17(18)13-20-21(19)11-4-12-22/h2-13,19H,14H2,1H3. The molecule has 0 aliphatic carbocycles. The van der Waals surface area contributed by atoms with Crippen LogP contribution in [0.25, 0.3) is 0 Å². The molecule has 1 unspecified atom stereocenters. The van der Waals surface area contributed by atoms with Gasteiger partial charge in [-0.2, -0.15) is 5.10 Å². The summed E-state index contributed by atoms with van der Waals surface area (Å²) >= 11 is 0. The average molecular weight is 306 g/mol. The van der Waals surface area contributed by atoms with Crippen LogP contribution < -0.4 is 0 Å². The molecule has 3 rings (SSSR count). The van der Waals surface area contributed by atoms with Crippen molar-refractivity contribution < 1.29 is 9.53 Å². The van der Waals surface area contributed by atoms with E-state index in [0.717, 1.165) is 28.5 Å². The Labute approximate surface area is 135 Å². The number of hydrogen-bond donors (Lipinski definition) is 0. The van der Waals surface area contributed by atoms with E-state index in [9.17, 15) is 4.79 Å². The first kappa shape index (κ1) is 15.2. The SMILES string of the molecule is COCc1ccc(C2c3ccccc3C=NN2C=CC=O)cc1. The fourth-order valence-electron chi connectivity index (χ4n) is 2.76. The maximum absolute atomic E-state index is 10.7. The number of carbonyl (C=O) groups is 1. The molecule has 0 radical (unpaired) electrons. The number of nitrogens with zero attached hydrogens (tertiary/aromatic N) is 2. The van der Waals surface area contributed by atoms with Gasteiger partial charge in [0, 0.05) is 18.9 Å². The number of fused-ring (bicyclic) bond motifs is 1. The third-order valence-electron chi connectivity index (χ3n) is 3.81. The van der Waals surface area contributed by atoms with Gasteiger partial charge < -0.3 is 4.74 Å². The molecule has 0 aromatic heterocycles. The molecule has 1 aliphatic rings. The quantitative estimate of drug-likeness (QED) is 0.629. The van der Waals surface area contributed by atoms with Crippen molar-refractivity contribution in [1.82, 2.24) is 5.01 Å². The predicted octanol–water partition coefficient (Wildman–Crippen LogP) is 3.28. The Balaban J connectivity index is 2.01. The highest BCUT2D eigenvalue weighted by Crippen LogP contribution is 2.33. The van der Waals surface area contributed by atoms with E-state index in [0.29, 0.717) is 6.61 Å². The van der Waals surface area contributed by atoms with Gasteiger partial charge in [0.25, 0.3) is 0 Å².